The fourth-order valence-corrected chi connectivity index (χ4v) is 3.33. The monoisotopic (exact) mass is 310 g/mol. The second-order valence-electron chi connectivity index (χ2n) is 6.14. The summed E-state index contributed by atoms with van der Waals surface area (Å²) < 4.78 is 6.02. The van der Waals surface area contributed by atoms with Gasteiger partial charge in [-0.2, -0.15) is 0 Å². The fourth-order valence-electron chi connectivity index (χ4n) is 3.10. The Hall–Kier alpha value is -1.26. The Bertz CT molecular complexity index is 509. The van der Waals surface area contributed by atoms with Crippen LogP contribution in [-0.4, -0.2) is 17.1 Å². The van der Waals surface area contributed by atoms with Crippen molar-refractivity contribution in [1.29, 1.82) is 0 Å². The molecule has 0 bridgehead atoms. The molecule has 2 atom stereocenters. The molecule has 3 N–H and O–H groups in total. The summed E-state index contributed by atoms with van der Waals surface area (Å²) in [6.07, 6.45) is 3.83. The van der Waals surface area contributed by atoms with Crippen LogP contribution in [0.25, 0.3) is 0 Å². The maximum Gasteiger partial charge on any atom is 0.170 e. The molecule has 1 saturated carbocycles. The summed E-state index contributed by atoms with van der Waals surface area (Å²) in [7, 11) is 0. The molecule has 21 heavy (non-hydrogen) atoms. The Labute approximate surface area is 130 Å². The van der Waals surface area contributed by atoms with Crippen LogP contribution >= 0.6 is 11.6 Å². The van der Waals surface area contributed by atoms with E-state index in [1.54, 1.807) is 12.1 Å². The molecule has 116 valence electrons. The largest absolute Gasteiger partial charge is 0.409 e. The van der Waals surface area contributed by atoms with Gasteiger partial charge in [0.15, 0.2) is 5.84 Å². The standard InChI is InChI=1S/C16H23ClN2O2/c1-10-5-11(2)7-14(6-10)21-9-13-4-3-12(8-15(13)17)16(18)19-20/h3-4,8,10-11,14,20H,5-7,9H2,1-2H3,(H2,18,19). The van der Waals surface area contributed by atoms with Gasteiger partial charge in [-0.25, -0.2) is 0 Å². The van der Waals surface area contributed by atoms with Crippen molar-refractivity contribution in [3.05, 3.63) is 34.3 Å². The van der Waals surface area contributed by atoms with Gasteiger partial charge in [-0.1, -0.05) is 42.7 Å². The van der Waals surface area contributed by atoms with E-state index in [4.69, 9.17) is 27.3 Å². The maximum atomic E-state index is 8.67. The highest BCUT2D eigenvalue weighted by atomic mass is 35.5. The predicted molar refractivity (Wildman–Crippen MR) is 84.7 cm³/mol. The second kappa shape index (κ2) is 7.14. The normalized spacial score (nSPS) is 26.8. The van der Waals surface area contributed by atoms with Crippen LogP contribution in [0.1, 0.15) is 44.2 Å². The molecule has 2 unspecified atom stereocenters. The molecule has 4 nitrogen and oxygen atoms in total. The molecule has 0 aliphatic heterocycles. The number of oxime groups is 1. The van der Waals surface area contributed by atoms with E-state index in [0.29, 0.717) is 23.3 Å². The number of ether oxygens (including phenoxy) is 1. The zero-order chi connectivity index (χ0) is 15.4. The van der Waals surface area contributed by atoms with Gasteiger partial charge in [0.05, 0.1) is 12.7 Å². The Morgan fingerprint density at radius 2 is 2.00 bits per heavy atom. The number of halogens is 1. The zero-order valence-electron chi connectivity index (χ0n) is 12.6. The van der Waals surface area contributed by atoms with Crippen molar-refractivity contribution in [3.63, 3.8) is 0 Å². The third-order valence-electron chi connectivity index (χ3n) is 4.07. The summed E-state index contributed by atoms with van der Waals surface area (Å²) in [5.74, 6) is 1.49. The van der Waals surface area contributed by atoms with Gasteiger partial charge in [0.2, 0.25) is 0 Å². The SMILES string of the molecule is CC1CC(C)CC(OCc2ccc(/C(N)=N/O)cc2Cl)C1. The van der Waals surface area contributed by atoms with Crippen LogP contribution in [0, 0.1) is 11.8 Å². The first-order valence-corrected chi connectivity index (χ1v) is 7.75. The molecule has 0 spiro atoms. The highest BCUT2D eigenvalue weighted by Crippen LogP contribution is 2.31. The highest BCUT2D eigenvalue weighted by molar-refractivity contribution is 6.31. The van der Waals surface area contributed by atoms with E-state index in [-0.39, 0.29) is 5.84 Å². The Balaban J connectivity index is 1.97. The second-order valence-corrected chi connectivity index (χ2v) is 6.55. The van der Waals surface area contributed by atoms with E-state index < -0.39 is 0 Å². The minimum absolute atomic E-state index is 0.0549. The molecule has 0 saturated heterocycles. The molecular weight excluding hydrogens is 288 g/mol. The van der Waals surface area contributed by atoms with Gasteiger partial charge >= 0.3 is 0 Å². The summed E-state index contributed by atoms with van der Waals surface area (Å²) >= 11 is 6.23. The van der Waals surface area contributed by atoms with Crippen molar-refractivity contribution < 1.29 is 9.94 Å². The lowest BCUT2D eigenvalue weighted by Crippen LogP contribution is -2.26. The Morgan fingerprint density at radius 1 is 1.33 bits per heavy atom. The first-order valence-electron chi connectivity index (χ1n) is 7.37. The van der Waals surface area contributed by atoms with Crippen molar-refractivity contribution >= 4 is 17.4 Å². The molecule has 1 aliphatic carbocycles. The molecule has 1 aliphatic rings. The van der Waals surface area contributed by atoms with Crippen LogP contribution in [-0.2, 0) is 11.3 Å². The first-order chi connectivity index (χ1) is 9.99. The smallest absolute Gasteiger partial charge is 0.170 e. The molecule has 5 heteroatoms. The van der Waals surface area contributed by atoms with E-state index in [2.05, 4.69) is 19.0 Å². The number of nitrogens with two attached hydrogens (primary N) is 1. The van der Waals surface area contributed by atoms with Crippen LogP contribution in [0.15, 0.2) is 23.4 Å². The average Bonchev–Trinajstić information content (AvgIpc) is 2.44. The lowest BCUT2D eigenvalue weighted by Gasteiger charge is -2.31. The molecule has 1 aromatic rings. The fraction of sp³-hybridized carbons (Fsp3) is 0.562. The number of nitrogens with zero attached hydrogens (tertiary/aromatic N) is 1. The van der Waals surface area contributed by atoms with Crippen molar-refractivity contribution in [3.8, 4) is 0 Å². The summed E-state index contributed by atoms with van der Waals surface area (Å²) in [5, 5.41) is 12.2. The summed E-state index contributed by atoms with van der Waals surface area (Å²) in [6, 6.07) is 5.35. The van der Waals surface area contributed by atoms with Gasteiger partial charge < -0.3 is 15.7 Å². The van der Waals surface area contributed by atoms with Crippen molar-refractivity contribution in [2.75, 3.05) is 0 Å². The van der Waals surface area contributed by atoms with Crippen LogP contribution < -0.4 is 5.73 Å². The van der Waals surface area contributed by atoms with Crippen LogP contribution in [0.5, 0.6) is 0 Å². The predicted octanol–water partition coefficient (Wildman–Crippen LogP) is 3.78. The first kappa shape index (κ1) is 16.1. The number of rotatable bonds is 4. The van der Waals surface area contributed by atoms with E-state index in [1.807, 2.05) is 6.07 Å². The number of benzene rings is 1. The number of hydrogen-bond acceptors (Lipinski definition) is 3. The minimum Gasteiger partial charge on any atom is -0.409 e. The highest BCUT2D eigenvalue weighted by Gasteiger charge is 2.24. The molecular formula is C16H23ClN2O2. The summed E-state index contributed by atoms with van der Waals surface area (Å²) in [6.45, 7) is 5.06. The maximum absolute atomic E-state index is 8.67. The topological polar surface area (TPSA) is 67.8 Å². The van der Waals surface area contributed by atoms with Crippen LogP contribution in [0.3, 0.4) is 0 Å². The van der Waals surface area contributed by atoms with Crippen molar-refractivity contribution in [2.45, 2.75) is 45.8 Å². The van der Waals surface area contributed by atoms with Crippen molar-refractivity contribution in [2.24, 2.45) is 22.7 Å². The quantitative estimate of drug-likeness (QED) is 0.385. The lowest BCUT2D eigenvalue weighted by atomic mass is 9.82. The van der Waals surface area contributed by atoms with Gasteiger partial charge in [-0.3, -0.25) is 0 Å². The summed E-state index contributed by atoms with van der Waals surface area (Å²) in [5.41, 5.74) is 7.08. The molecule has 1 fully saturated rings. The van der Waals surface area contributed by atoms with E-state index in [9.17, 15) is 0 Å². The third kappa shape index (κ3) is 4.35. The van der Waals surface area contributed by atoms with Gasteiger partial charge in [0, 0.05) is 10.6 Å². The molecule has 0 amide bonds. The van der Waals surface area contributed by atoms with Gasteiger partial charge in [0.25, 0.3) is 0 Å². The zero-order valence-corrected chi connectivity index (χ0v) is 13.3. The molecule has 2 rings (SSSR count). The van der Waals surface area contributed by atoms with Crippen molar-refractivity contribution in [1.82, 2.24) is 0 Å². The third-order valence-corrected chi connectivity index (χ3v) is 4.42. The molecule has 1 aromatic carbocycles. The lowest BCUT2D eigenvalue weighted by molar-refractivity contribution is -0.00912. The average molecular weight is 311 g/mol. The van der Waals surface area contributed by atoms with E-state index in [0.717, 1.165) is 30.2 Å². The van der Waals surface area contributed by atoms with Gasteiger partial charge in [0.1, 0.15) is 0 Å². The number of hydrogen-bond donors (Lipinski definition) is 2. The molecule has 0 aromatic heterocycles. The van der Waals surface area contributed by atoms with Gasteiger partial charge in [-0.05, 0) is 42.7 Å². The number of amidine groups is 1. The van der Waals surface area contributed by atoms with Gasteiger partial charge in [-0.15, -0.1) is 0 Å². The Kier molecular flexibility index (Phi) is 5.48. The molecule has 0 radical (unpaired) electrons. The summed E-state index contributed by atoms with van der Waals surface area (Å²) in [4.78, 5) is 0. The van der Waals surface area contributed by atoms with Crippen LogP contribution in [0.4, 0.5) is 0 Å². The van der Waals surface area contributed by atoms with E-state index in [1.165, 1.54) is 6.42 Å². The van der Waals surface area contributed by atoms with E-state index >= 15 is 0 Å². The molecule has 0 heterocycles. The minimum atomic E-state index is 0.0549. The Morgan fingerprint density at radius 3 is 2.57 bits per heavy atom. The van der Waals surface area contributed by atoms with Crippen LogP contribution in [0.2, 0.25) is 5.02 Å².